The standard InChI is InChI=1S/C25H33ClN6O2.ClH/c1-5-32(6-2)14-8-9-17(4)28-22-15-20(30-25(33)34-7-3)23-24(31-22)29-21(16-27-23)18-10-12-19(26)13-11-18;/h10-13,15-17H,5-9,14H2,1-4H3,(H2,28,29,30,31,33);1H. The third-order valence-electron chi connectivity index (χ3n) is 5.57. The largest absolute Gasteiger partial charge is 0.450 e. The molecular weight excluding hydrogens is 487 g/mol. The lowest BCUT2D eigenvalue weighted by Crippen LogP contribution is -2.25. The van der Waals surface area contributed by atoms with Crippen LogP contribution in [0.15, 0.2) is 36.5 Å². The summed E-state index contributed by atoms with van der Waals surface area (Å²) >= 11 is 6.02. The Morgan fingerprint density at radius 2 is 1.86 bits per heavy atom. The van der Waals surface area contributed by atoms with Crippen LogP contribution in [0.5, 0.6) is 0 Å². The van der Waals surface area contributed by atoms with Crippen LogP contribution in [-0.4, -0.2) is 58.2 Å². The first-order valence-electron chi connectivity index (χ1n) is 11.8. The number of ether oxygens (including phenoxy) is 1. The summed E-state index contributed by atoms with van der Waals surface area (Å²) in [5, 5.41) is 6.87. The highest BCUT2D eigenvalue weighted by Gasteiger charge is 2.15. The van der Waals surface area contributed by atoms with Gasteiger partial charge in [-0.25, -0.2) is 19.7 Å². The number of benzene rings is 1. The van der Waals surface area contributed by atoms with Crippen molar-refractivity contribution in [3.05, 3.63) is 41.6 Å². The molecule has 0 radical (unpaired) electrons. The lowest BCUT2D eigenvalue weighted by atomic mass is 10.1. The number of nitrogens with zero attached hydrogens (tertiary/aromatic N) is 4. The molecule has 8 nitrogen and oxygen atoms in total. The van der Waals surface area contributed by atoms with Crippen LogP contribution in [0.1, 0.15) is 40.5 Å². The summed E-state index contributed by atoms with van der Waals surface area (Å²) in [6.45, 7) is 11.7. The lowest BCUT2D eigenvalue weighted by Gasteiger charge is -2.20. The molecule has 35 heavy (non-hydrogen) atoms. The van der Waals surface area contributed by atoms with Gasteiger partial charge in [0.1, 0.15) is 11.3 Å². The van der Waals surface area contributed by atoms with Gasteiger partial charge in [0.15, 0.2) is 5.65 Å². The number of aromatic nitrogens is 3. The first-order chi connectivity index (χ1) is 16.4. The van der Waals surface area contributed by atoms with Gasteiger partial charge in [-0.15, -0.1) is 12.4 Å². The summed E-state index contributed by atoms with van der Waals surface area (Å²) in [6.07, 6.45) is 3.19. The Labute approximate surface area is 218 Å². The quantitative estimate of drug-likeness (QED) is 0.308. The van der Waals surface area contributed by atoms with E-state index in [1.165, 1.54) is 0 Å². The number of carbonyl (C=O) groups excluding carboxylic acids is 1. The number of hydrogen-bond acceptors (Lipinski definition) is 7. The van der Waals surface area contributed by atoms with Crippen molar-refractivity contribution in [2.45, 2.75) is 46.6 Å². The molecule has 2 heterocycles. The van der Waals surface area contributed by atoms with E-state index in [4.69, 9.17) is 26.3 Å². The number of nitrogens with one attached hydrogen (secondary N) is 2. The topological polar surface area (TPSA) is 92.3 Å². The molecule has 0 spiro atoms. The third-order valence-corrected chi connectivity index (χ3v) is 5.82. The second-order valence-corrected chi connectivity index (χ2v) is 8.49. The van der Waals surface area contributed by atoms with E-state index >= 15 is 0 Å². The van der Waals surface area contributed by atoms with Crippen LogP contribution in [0.2, 0.25) is 5.02 Å². The Balaban J connectivity index is 0.00000432. The number of pyridine rings is 1. The monoisotopic (exact) mass is 520 g/mol. The fraction of sp³-hybridized carbons (Fsp3) is 0.440. The minimum Gasteiger partial charge on any atom is -0.450 e. The summed E-state index contributed by atoms with van der Waals surface area (Å²) in [5.41, 5.74) is 2.97. The van der Waals surface area contributed by atoms with Gasteiger partial charge in [-0.3, -0.25) is 5.32 Å². The molecule has 0 saturated heterocycles. The first-order valence-corrected chi connectivity index (χ1v) is 12.2. The zero-order chi connectivity index (χ0) is 24.5. The van der Waals surface area contributed by atoms with E-state index in [9.17, 15) is 4.79 Å². The molecule has 2 N–H and O–H groups in total. The molecule has 3 aromatic rings. The average Bonchev–Trinajstić information content (AvgIpc) is 2.82. The predicted octanol–water partition coefficient (Wildman–Crippen LogP) is 6.26. The van der Waals surface area contributed by atoms with E-state index in [2.05, 4.69) is 41.3 Å². The fourth-order valence-electron chi connectivity index (χ4n) is 3.69. The smallest absolute Gasteiger partial charge is 0.411 e. The van der Waals surface area contributed by atoms with Crippen molar-refractivity contribution in [2.75, 3.05) is 36.9 Å². The van der Waals surface area contributed by atoms with Crippen molar-refractivity contribution in [3.8, 4) is 11.3 Å². The second kappa shape index (κ2) is 14.0. The van der Waals surface area contributed by atoms with Gasteiger partial charge in [0.25, 0.3) is 0 Å². The number of fused-ring (bicyclic) bond motifs is 1. The van der Waals surface area contributed by atoms with E-state index in [-0.39, 0.29) is 25.1 Å². The molecule has 10 heteroatoms. The minimum atomic E-state index is -0.545. The SMILES string of the molecule is CCOC(=O)Nc1cc(NC(C)CCCN(CC)CC)nc2nc(-c3ccc(Cl)cc3)cnc12.Cl. The Hall–Kier alpha value is -2.68. The summed E-state index contributed by atoms with van der Waals surface area (Å²) in [4.78, 5) is 28.5. The highest BCUT2D eigenvalue weighted by Crippen LogP contribution is 2.27. The van der Waals surface area contributed by atoms with Gasteiger partial charge in [-0.2, -0.15) is 0 Å². The van der Waals surface area contributed by atoms with Crippen LogP contribution in [0.3, 0.4) is 0 Å². The molecule has 0 saturated carbocycles. The summed E-state index contributed by atoms with van der Waals surface area (Å²) in [5.74, 6) is 0.622. The van der Waals surface area contributed by atoms with Crippen LogP contribution in [-0.2, 0) is 4.74 Å². The summed E-state index contributed by atoms with van der Waals surface area (Å²) < 4.78 is 5.06. The van der Waals surface area contributed by atoms with Crippen molar-refractivity contribution < 1.29 is 9.53 Å². The van der Waals surface area contributed by atoms with Crippen molar-refractivity contribution >= 4 is 52.8 Å². The van der Waals surface area contributed by atoms with Crippen molar-refractivity contribution in [2.24, 2.45) is 0 Å². The maximum absolute atomic E-state index is 12.1. The highest BCUT2D eigenvalue weighted by atomic mass is 35.5. The number of halogens is 2. The van der Waals surface area contributed by atoms with Gasteiger partial charge in [-0.05, 0) is 58.5 Å². The summed E-state index contributed by atoms with van der Waals surface area (Å²) in [6, 6.07) is 9.36. The van der Waals surface area contributed by atoms with E-state index in [1.807, 2.05) is 24.3 Å². The molecule has 0 aliphatic heterocycles. The van der Waals surface area contributed by atoms with Gasteiger partial charge in [-0.1, -0.05) is 37.6 Å². The van der Waals surface area contributed by atoms with Crippen LogP contribution in [0, 0.1) is 0 Å². The Morgan fingerprint density at radius 3 is 2.51 bits per heavy atom. The summed E-state index contributed by atoms with van der Waals surface area (Å²) in [7, 11) is 0. The van der Waals surface area contributed by atoms with E-state index in [1.54, 1.807) is 19.2 Å². The van der Waals surface area contributed by atoms with Crippen molar-refractivity contribution in [1.29, 1.82) is 0 Å². The van der Waals surface area contributed by atoms with Gasteiger partial charge < -0.3 is 15.0 Å². The van der Waals surface area contributed by atoms with Crippen molar-refractivity contribution in [3.63, 3.8) is 0 Å². The maximum atomic E-state index is 12.1. The molecule has 1 aromatic carbocycles. The number of carbonyl (C=O) groups is 1. The minimum absolute atomic E-state index is 0. The molecule has 1 unspecified atom stereocenters. The predicted molar refractivity (Wildman–Crippen MR) is 146 cm³/mol. The molecule has 190 valence electrons. The number of anilines is 2. The van der Waals surface area contributed by atoms with Gasteiger partial charge in [0.2, 0.25) is 0 Å². The van der Waals surface area contributed by atoms with Gasteiger partial charge in [0, 0.05) is 22.7 Å². The molecule has 0 fully saturated rings. The first kappa shape index (κ1) is 28.6. The molecule has 0 aliphatic rings. The van der Waals surface area contributed by atoms with Gasteiger partial charge in [0.05, 0.1) is 24.2 Å². The van der Waals surface area contributed by atoms with Gasteiger partial charge >= 0.3 is 6.09 Å². The molecular formula is C25H34Cl2N6O2. The Bertz CT molecular complexity index is 1090. The fourth-order valence-corrected chi connectivity index (χ4v) is 3.82. The Morgan fingerprint density at radius 1 is 1.14 bits per heavy atom. The Kier molecular flexibility index (Phi) is 11.4. The van der Waals surface area contributed by atoms with Crippen LogP contribution < -0.4 is 10.6 Å². The number of hydrogen-bond donors (Lipinski definition) is 2. The molecule has 1 amide bonds. The third kappa shape index (κ3) is 8.19. The molecule has 2 aromatic heterocycles. The van der Waals surface area contributed by atoms with E-state index in [0.29, 0.717) is 33.4 Å². The maximum Gasteiger partial charge on any atom is 0.411 e. The second-order valence-electron chi connectivity index (χ2n) is 8.05. The highest BCUT2D eigenvalue weighted by molar-refractivity contribution is 6.30. The van der Waals surface area contributed by atoms with E-state index in [0.717, 1.165) is 38.0 Å². The number of rotatable bonds is 11. The number of amides is 1. The molecule has 3 rings (SSSR count). The zero-order valence-corrected chi connectivity index (χ0v) is 22.2. The normalized spacial score (nSPS) is 11.7. The average molecular weight is 521 g/mol. The van der Waals surface area contributed by atoms with Crippen LogP contribution in [0.4, 0.5) is 16.3 Å². The molecule has 0 bridgehead atoms. The van der Waals surface area contributed by atoms with E-state index < -0.39 is 6.09 Å². The van der Waals surface area contributed by atoms with Crippen molar-refractivity contribution in [1.82, 2.24) is 19.9 Å². The lowest BCUT2D eigenvalue weighted by molar-refractivity contribution is 0.168. The van der Waals surface area contributed by atoms with Crippen LogP contribution in [0.25, 0.3) is 22.4 Å². The molecule has 0 aliphatic carbocycles. The zero-order valence-electron chi connectivity index (χ0n) is 20.7. The van der Waals surface area contributed by atoms with Crippen LogP contribution >= 0.6 is 24.0 Å². The molecule has 1 atom stereocenters.